The number of aliphatic imine (C=N–C) groups is 1. The lowest BCUT2D eigenvalue weighted by atomic mass is 9.84. The van der Waals surface area contributed by atoms with Crippen LogP contribution in [0.1, 0.15) is 40.0 Å². The largest absolute Gasteiger partial charge is 0.313 e. The van der Waals surface area contributed by atoms with Crippen LogP contribution in [0, 0.1) is 11.8 Å². The molecule has 2 rings (SSSR count). The maximum atomic E-state index is 12.3. The SMILES string of the molecule is CCCCC1=C(C)N=C2NC(=O)[C@@H](C)[C@@H]2C1=O. The molecule has 2 atom stereocenters. The summed E-state index contributed by atoms with van der Waals surface area (Å²) in [6, 6.07) is 0. The van der Waals surface area contributed by atoms with Gasteiger partial charge in [-0.15, -0.1) is 0 Å². The number of Topliss-reactive ketones (excluding diaryl/α,β-unsaturated/α-hetero) is 1. The molecule has 0 aromatic carbocycles. The highest BCUT2D eigenvalue weighted by atomic mass is 16.2. The van der Waals surface area contributed by atoms with E-state index in [-0.39, 0.29) is 23.5 Å². The summed E-state index contributed by atoms with van der Waals surface area (Å²) in [6.07, 6.45) is 2.82. The topological polar surface area (TPSA) is 58.5 Å². The number of rotatable bonds is 3. The molecule has 0 aromatic rings. The maximum Gasteiger partial charge on any atom is 0.229 e. The van der Waals surface area contributed by atoms with Gasteiger partial charge in [0.2, 0.25) is 5.91 Å². The number of carbonyl (C=O) groups is 2. The first-order valence-electron chi connectivity index (χ1n) is 6.19. The summed E-state index contributed by atoms with van der Waals surface area (Å²) in [5.41, 5.74) is 1.58. The third-order valence-corrected chi connectivity index (χ3v) is 3.54. The van der Waals surface area contributed by atoms with Crippen molar-refractivity contribution in [2.45, 2.75) is 40.0 Å². The number of amides is 1. The Kier molecular flexibility index (Phi) is 3.13. The van der Waals surface area contributed by atoms with Crippen LogP contribution in [0.4, 0.5) is 0 Å². The Labute approximate surface area is 101 Å². The lowest BCUT2D eigenvalue weighted by Gasteiger charge is -2.20. The van der Waals surface area contributed by atoms with E-state index in [0.29, 0.717) is 5.84 Å². The van der Waals surface area contributed by atoms with Crippen LogP contribution in [0.25, 0.3) is 0 Å². The number of amidine groups is 1. The van der Waals surface area contributed by atoms with Gasteiger partial charge in [0.15, 0.2) is 5.78 Å². The van der Waals surface area contributed by atoms with Gasteiger partial charge in [0, 0.05) is 11.3 Å². The molecule has 1 fully saturated rings. The highest BCUT2D eigenvalue weighted by Gasteiger charge is 2.44. The van der Waals surface area contributed by atoms with Gasteiger partial charge in [0.25, 0.3) is 0 Å². The van der Waals surface area contributed by atoms with Crippen molar-refractivity contribution in [2.24, 2.45) is 16.8 Å². The first-order valence-corrected chi connectivity index (χ1v) is 6.19. The Bertz CT molecular complexity index is 435. The Hall–Kier alpha value is -1.45. The average molecular weight is 234 g/mol. The normalized spacial score (nSPS) is 28.1. The zero-order chi connectivity index (χ0) is 12.6. The third-order valence-electron chi connectivity index (χ3n) is 3.54. The summed E-state index contributed by atoms with van der Waals surface area (Å²) >= 11 is 0. The van der Waals surface area contributed by atoms with E-state index in [1.807, 2.05) is 6.92 Å². The smallest absolute Gasteiger partial charge is 0.229 e. The molecule has 0 radical (unpaired) electrons. The van der Waals surface area contributed by atoms with Gasteiger partial charge in [-0.1, -0.05) is 20.3 Å². The van der Waals surface area contributed by atoms with E-state index in [0.717, 1.165) is 30.5 Å². The van der Waals surface area contributed by atoms with Crippen molar-refractivity contribution in [3.8, 4) is 0 Å². The number of hydrogen-bond donors (Lipinski definition) is 1. The molecule has 92 valence electrons. The minimum atomic E-state index is -0.363. The minimum Gasteiger partial charge on any atom is -0.313 e. The van der Waals surface area contributed by atoms with Gasteiger partial charge in [-0.25, -0.2) is 4.99 Å². The summed E-state index contributed by atoms with van der Waals surface area (Å²) in [7, 11) is 0. The number of carbonyl (C=O) groups excluding carboxylic acids is 2. The van der Waals surface area contributed by atoms with Crippen LogP contribution in [0.5, 0.6) is 0 Å². The minimum absolute atomic E-state index is 0.0896. The molecule has 4 heteroatoms. The Balaban J connectivity index is 2.30. The molecule has 2 aliphatic heterocycles. The summed E-state index contributed by atoms with van der Waals surface area (Å²) in [5.74, 6) is -0.104. The van der Waals surface area contributed by atoms with E-state index in [1.165, 1.54) is 0 Å². The number of unbranched alkanes of at least 4 members (excludes halogenated alkanes) is 1. The van der Waals surface area contributed by atoms with E-state index < -0.39 is 0 Å². The molecular weight excluding hydrogens is 216 g/mol. The zero-order valence-corrected chi connectivity index (χ0v) is 10.5. The number of allylic oxidation sites excluding steroid dienone is 2. The second-order valence-electron chi connectivity index (χ2n) is 4.78. The van der Waals surface area contributed by atoms with Crippen molar-refractivity contribution in [1.82, 2.24) is 5.32 Å². The summed E-state index contributed by atoms with van der Waals surface area (Å²) < 4.78 is 0. The fourth-order valence-electron chi connectivity index (χ4n) is 2.43. The number of nitrogens with one attached hydrogen (secondary N) is 1. The second-order valence-corrected chi connectivity index (χ2v) is 4.78. The summed E-state index contributed by atoms with van der Waals surface area (Å²) in [6.45, 7) is 5.74. The molecule has 0 unspecified atom stereocenters. The van der Waals surface area contributed by atoms with Crippen molar-refractivity contribution in [2.75, 3.05) is 0 Å². The first-order chi connectivity index (χ1) is 8.06. The van der Waals surface area contributed by atoms with Crippen LogP contribution in [-0.4, -0.2) is 17.5 Å². The fourth-order valence-corrected chi connectivity index (χ4v) is 2.43. The van der Waals surface area contributed by atoms with Crippen molar-refractivity contribution in [1.29, 1.82) is 0 Å². The molecular formula is C13H18N2O2. The molecule has 0 saturated carbocycles. The number of fused-ring (bicyclic) bond motifs is 1. The van der Waals surface area contributed by atoms with Crippen LogP contribution in [0.2, 0.25) is 0 Å². The Morgan fingerprint density at radius 1 is 1.35 bits per heavy atom. The standard InChI is InChI=1S/C13H18N2O2/c1-4-5-6-9-8(3)14-12-10(11(9)16)7(2)13(17)15-12/h7,10H,4-6H2,1-3H3,(H,14,15,17)/t7-,10+/m0/s1. The number of ketones is 1. The molecule has 2 aliphatic rings. The molecule has 0 spiro atoms. The fraction of sp³-hybridized carbons (Fsp3) is 0.615. The number of hydrogen-bond acceptors (Lipinski definition) is 3. The van der Waals surface area contributed by atoms with Crippen LogP contribution in [-0.2, 0) is 9.59 Å². The highest BCUT2D eigenvalue weighted by molar-refractivity contribution is 6.22. The monoisotopic (exact) mass is 234 g/mol. The van der Waals surface area contributed by atoms with E-state index in [1.54, 1.807) is 6.92 Å². The Morgan fingerprint density at radius 2 is 2.06 bits per heavy atom. The average Bonchev–Trinajstić information content (AvgIpc) is 2.54. The van der Waals surface area contributed by atoms with E-state index in [2.05, 4.69) is 17.2 Å². The van der Waals surface area contributed by atoms with Crippen molar-refractivity contribution >= 4 is 17.5 Å². The van der Waals surface area contributed by atoms with Gasteiger partial charge >= 0.3 is 0 Å². The van der Waals surface area contributed by atoms with Crippen LogP contribution < -0.4 is 5.32 Å². The van der Waals surface area contributed by atoms with Crippen LogP contribution in [0.15, 0.2) is 16.3 Å². The van der Waals surface area contributed by atoms with Crippen molar-refractivity contribution < 1.29 is 9.59 Å². The van der Waals surface area contributed by atoms with Crippen LogP contribution >= 0.6 is 0 Å². The van der Waals surface area contributed by atoms with Crippen molar-refractivity contribution in [3.63, 3.8) is 0 Å². The predicted octanol–water partition coefficient (Wildman–Crippen LogP) is 1.81. The third kappa shape index (κ3) is 1.92. The van der Waals surface area contributed by atoms with Crippen LogP contribution in [0.3, 0.4) is 0 Å². The second kappa shape index (κ2) is 4.43. The first kappa shape index (κ1) is 12.0. The van der Waals surface area contributed by atoms with Gasteiger partial charge in [0.05, 0.1) is 11.8 Å². The molecule has 1 saturated heterocycles. The zero-order valence-electron chi connectivity index (χ0n) is 10.5. The molecule has 0 aliphatic carbocycles. The lowest BCUT2D eigenvalue weighted by Crippen LogP contribution is -2.32. The molecule has 1 N–H and O–H groups in total. The molecule has 0 bridgehead atoms. The van der Waals surface area contributed by atoms with Gasteiger partial charge < -0.3 is 5.32 Å². The van der Waals surface area contributed by atoms with Gasteiger partial charge in [-0.2, -0.15) is 0 Å². The van der Waals surface area contributed by atoms with Gasteiger partial charge in [-0.3, -0.25) is 9.59 Å². The summed E-state index contributed by atoms with van der Waals surface area (Å²) in [4.78, 5) is 28.3. The molecule has 17 heavy (non-hydrogen) atoms. The van der Waals surface area contributed by atoms with Gasteiger partial charge in [-0.05, 0) is 19.8 Å². The van der Waals surface area contributed by atoms with E-state index in [4.69, 9.17) is 0 Å². The van der Waals surface area contributed by atoms with E-state index in [9.17, 15) is 9.59 Å². The molecule has 0 aromatic heterocycles. The Morgan fingerprint density at radius 3 is 2.71 bits per heavy atom. The van der Waals surface area contributed by atoms with Crippen molar-refractivity contribution in [3.05, 3.63) is 11.3 Å². The predicted molar refractivity (Wildman–Crippen MR) is 65.5 cm³/mol. The quantitative estimate of drug-likeness (QED) is 0.809. The summed E-state index contributed by atoms with van der Waals surface area (Å²) in [5, 5.41) is 2.70. The van der Waals surface area contributed by atoms with Gasteiger partial charge in [0.1, 0.15) is 5.84 Å². The number of nitrogens with zero attached hydrogens (tertiary/aromatic N) is 1. The molecule has 2 heterocycles. The molecule has 4 nitrogen and oxygen atoms in total. The molecule has 1 amide bonds. The maximum absolute atomic E-state index is 12.3. The van der Waals surface area contributed by atoms with E-state index >= 15 is 0 Å². The highest BCUT2D eigenvalue weighted by Crippen LogP contribution is 2.31. The lowest BCUT2D eigenvalue weighted by molar-refractivity contribution is -0.126.